The number of para-hydroxylation sites is 1. The fraction of sp³-hybridized carbons (Fsp3) is 0.500. The van der Waals surface area contributed by atoms with Crippen molar-refractivity contribution in [3.8, 4) is 0 Å². The average molecular weight is 1070 g/mol. The Morgan fingerprint density at radius 3 is 2.09 bits per heavy atom. The van der Waals surface area contributed by atoms with Crippen LogP contribution in [0.15, 0.2) is 64.7 Å². The normalized spacial score (nSPS) is 21.0. The average Bonchev–Trinajstić information content (AvgIpc) is 3.78. The van der Waals surface area contributed by atoms with Crippen molar-refractivity contribution >= 4 is 81.4 Å². The van der Waals surface area contributed by atoms with Crippen LogP contribution >= 0.6 is 0 Å². The number of amides is 7. The molecule has 1 aliphatic rings. The predicted molar refractivity (Wildman–Crippen MR) is 285 cm³/mol. The first kappa shape index (κ1) is 61.1. The summed E-state index contributed by atoms with van der Waals surface area (Å²) < 4.78 is 0. The number of fused-ring (bicyclic) bond motifs is 1. The highest BCUT2D eigenvalue weighted by atomic mass is 16.6. The van der Waals surface area contributed by atoms with Crippen molar-refractivity contribution in [1.82, 2.24) is 36.9 Å². The van der Waals surface area contributed by atoms with Gasteiger partial charge in [0.2, 0.25) is 41.4 Å². The minimum absolute atomic E-state index is 0.0135. The number of aromatic amines is 1. The van der Waals surface area contributed by atoms with E-state index in [2.05, 4.69) is 46.9 Å². The number of benzene rings is 2. The highest BCUT2D eigenvalue weighted by Gasteiger charge is 2.35. The second kappa shape index (κ2) is 30.8. The van der Waals surface area contributed by atoms with E-state index in [-0.39, 0.29) is 114 Å². The summed E-state index contributed by atoms with van der Waals surface area (Å²) in [4.78, 5) is 147. The van der Waals surface area contributed by atoms with Crippen molar-refractivity contribution in [1.29, 1.82) is 0 Å². The van der Waals surface area contributed by atoms with E-state index in [0.29, 0.717) is 11.1 Å². The summed E-state index contributed by atoms with van der Waals surface area (Å²) in [6.45, 7) is 1.17. The van der Waals surface area contributed by atoms with Crippen molar-refractivity contribution in [2.24, 2.45) is 56.2 Å². The van der Waals surface area contributed by atoms with Gasteiger partial charge in [0.25, 0.3) is 5.69 Å². The van der Waals surface area contributed by atoms with Gasteiger partial charge in [-0.25, -0.2) is 0 Å². The van der Waals surface area contributed by atoms with E-state index < -0.39 is 113 Å². The number of H-pyrrole nitrogens is 1. The summed E-state index contributed by atoms with van der Waals surface area (Å²) in [5, 5.41) is 28.1. The molecule has 0 bridgehead atoms. The molecule has 418 valence electrons. The lowest BCUT2D eigenvalue weighted by Gasteiger charge is -2.27. The second-order valence-corrected chi connectivity index (χ2v) is 18.8. The molecule has 3 aromatic rings. The molecule has 4 rings (SSSR count). The standard InChI is InChI=1S/C50H72N16O11/c1-28(67)61-37(11-6-22-59-50(55)56)46(73)63-38-16-17-43(70)57-20-5-10-36(44(52)71)62-45(72)31(24-32-27-60-35-9-3-2-8-34(32)35)26-41(68)30(7-4-21-58-49(53)54)25-42(69)40(23-29-12-14-33(15-13-29)66(76)77)65-48(75)39(18-19-51)64-47(38)74/h2-3,8-9,12-15,27,30-31,36-40,60H,4-7,10-11,16-26,51H2,1H3,(H2,52,71)(H,57,70)(H,61,67)(H,62,72)(H,63,73)(H,64,74)(H,65,75)(H4,53,54,58)(H4,55,56,59)/t30-,31-,36+,37+,38+,39+,40-/m1/s1. The maximum atomic E-state index is 14.8. The number of nitro groups is 1. The number of nitrogens with zero attached hydrogens (tertiary/aromatic N) is 3. The first-order chi connectivity index (χ1) is 36.6. The van der Waals surface area contributed by atoms with Crippen LogP contribution < -0.4 is 66.3 Å². The number of ketones is 2. The quantitative estimate of drug-likeness (QED) is 0.0205. The molecule has 2 heterocycles. The Bertz CT molecular complexity index is 2630. The molecule has 27 nitrogen and oxygen atoms in total. The lowest BCUT2D eigenvalue weighted by molar-refractivity contribution is -0.384. The van der Waals surface area contributed by atoms with Crippen LogP contribution in [0.1, 0.15) is 88.7 Å². The van der Waals surface area contributed by atoms with Crippen molar-refractivity contribution in [3.63, 3.8) is 0 Å². The summed E-state index contributed by atoms with van der Waals surface area (Å²) in [5.41, 5.74) is 35.3. The van der Waals surface area contributed by atoms with Gasteiger partial charge in [0.05, 0.1) is 11.0 Å². The maximum absolute atomic E-state index is 14.8. The number of non-ortho nitro benzene ring substituents is 1. The third-order valence-electron chi connectivity index (χ3n) is 12.8. The SMILES string of the molecule is CC(=O)N[C@@H](CCCN=C(N)N)C(=O)N[C@H]1CCC(=O)NCCC[C@@H](C(N)=O)NC(=O)[C@H](Cc2c[nH]c3ccccc23)CC(=O)[C@H](CCCN=C(N)N)CC(=O)[C@@H](Cc2ccc([N+](=O)[O-])cc2)NC(=O)[C@H](CCN)NC1=O. The van der Waals surface area contributed by atoms with Gasteiger partial charge in [-0.2, -0.15) is 0 Å². The Kier molecular flexibility index (Phi) is 24.4. The lowest BCUT2D eigenvalue weighted by atomic mass is 9.83. The van der Waals surface area contributed by atoms with Crippen LogP contribution in [0.2, 0.25) is 0 Å². The number of nitrogens with two attached hydrogens (primary N) is 6. The third-order valence-corrected chi connectivity index (χ3v) is 12.8. The number of guanidine groups is 2. The van der Waals surface area contributed by atoms with Gasteiger partial charge >= 0.3 is 0 Å². The number of rotatable bonds is 19. The molecule has 0 spiro atoms. The fourth-order valence-electron chi connectivity index (χ4n) is 8.79. The second-order valence-electron chi connectivity index (χ2n) is 18.8. The minimum atomic E-state index is -1.51. The van der Waals surface area contributed by atoms with Crippen LogP contribution in [-0.4, -0.2) is 131 Å². The van der Waals surface area contributed by atoms with Crippen LogP contribution in [-0.2, 0) is 56.0 Å². The van der Waals surface area contributed by atoms with Gasteiger partial charge < -0.3 is 71.3 Å². The van der Waals surface area contributed by atoms with Crippen molar-refractivity contribution in [2.45, 2.75) is 121 Å². The molecule has 1 fully saturated rings. The van der Waals surface area contributed by atoms with E-state index in [1.807, 2.05) is 24.3 Å². The summed E-state index contributed by atoms with van der Waals surface area (Å²) in [5.74, 6) is -9.18. The molecular formula is C50H72N16O11. The summed E-state index contributed by atoms with van der Waals surface area (Å²) in [6.07, 6.45) is 0.253. The van der Waals surface area contributed by atoms with Crippen molar-refractivity contribution in [2.75, 3.05) is 26.2 Å². The van der Waals surface area contributed by atoms with Crippen molar-refractivity contribution < 1.29 is 48.1 Å². The first-order valence-electron chi connectivity index (χ1n) is 25.3. The molecule has 0 unspecified atom stereocenters. The van der Waals surface area contributed by atoms with Crippen LogP contribution in [0, 0.1) is 22.0 Å². The molecule has 0 aliphatic carbocycles. The van der Waals surface area contributed by atoms with Crippen LogP contribution in [0.25, 0.3) is 10.9 Å². The Morgan fingerprint density at radius 2 is 1.44 bits per heavy atom. The zero-order valence-electron chi connectivity index (χ0n) is 43.1. The summed E-state index contributed by atoms with van der Waals surface area (Å²) in [7, 11) is 0. The van der Waals surface area contributed by atoms with Gasteiger partial charge in [-0.05, 0) is 87.9 Å². The molecule has 2 aromatic carbocycles. The van der Waals surface area contributed by atoms with Crippen molar-refractivity contribution in [3.05, 3.63) is 76.0 Å². The minimum Gasteiger partial charge on any atom is -0.370 e. The summed E-state index contributed by atoms with van der Waals surface area (Å²) >= 11 is 0. The molecule has 0 saturated carbocycles. The number of carbonyl (C=O) groups is 9. The molecule has 1 aromatic heterocycles. The van der Waals surface area contributed by atoms with Gasteiger partial charge in [0.15, 0.2) is 17.7 Å². The van der Waals surface area contributed by atoms with E-state index in [1.54, 1.807) is 6.20 Å². The lowest BCUT2D eigenvalue weighted by Crippen LogP contribution is -2.58. The predicted octanol–water partition coefficient (Wildman–Crippen LogP) is -1.91. The summed E-state index contributed by atoms with van der Waals surface area (Å²) in [6, 6.07) is 5.68. The van der Waals surface area contributed by atoms with E-state index in [0.717, 1.165) is 10.9 Å². The Morgan fingerprint density at radius 1 is 0.779 bits per heavy atom. The van der Waals surface area contributed by atoms with E-state index >= 15 is 0 Å². The monoisotopic (exact) mass is 1070 g/mol. The highest BCUT2D eigenvalue weighted by Crippen LogP contribution is 2.26. The largest absolute Gasteiger partial charge is 0.370 e. The Hall–Kier alpha value is -8.49. The van der Waals surface area contributed by atoms with Gasteiger partial charge in [-0.1, -0.05) is 30.3 Å². The number of hydrogen-bond acceptors (Lipinski definition) is 14. The van der Waals surface area contributed by atoms with Gasteiger partial charge in [0.1, 0.15) is 30.0 Å². The number of aliphatic imine (C=N–C) groups is 2. The van der Waals surface area contributed by atoms with Crippen LogP contribution in [0.3, 0.4) is 0 Å². The maximum Gasteiger partial charge on any atom is 0.269 e. The molecule has 1 aliphatic heterocycles. The zero-order chi connectivity index (χ0) is 56.6. The van der Waals surface area contributed by atoms with Gasteiger partial charge in [0, 0.05) is 86.9 Å². The third kappa shape index (κ3) is 20.6. The van der Waals surface area contributed by atoms with Gasteiger partial charge in [-0.3, -0.25) is 63.2 Å². The topological polar surface area (TPSA) is 466 Å². The Balaban J connectivity index is 1.79. The Labute approximate surface area is 444 Å². The van der Waals surface area contributed by atoms with E-state index in [9.17, 15) is 53.3 Å². The number of nitro benzene ring substituents is 1. The molecule has 77 heavy (non-hydrogen) atoms. The zero-order valence-corrected chi connectivity index (χ0v) is 43.1. The number of aromatic nitrogens is 1. The highest BCUT2D eigenvalue weighted by molar-refractivity contribution is 5.98. The molecule has 7 amide bonds. The molecular weight excluding hydrogens is 1000 g/mol. The first-order valence-corrected chi connectivity index (χ1v) is 25.3. The number of hydrogen-bond donors (Lipinski definition) is 13. The number of nitrogens with one attached hydrogen (secondary N) is 7. The van der Waals surface area contributed by atoms with Gasteiger partial charge in [-0.15, -0.1) is 0 Å². The molecule has 7 atom stereocenters. The van der Waals surface area contributed by atoms with Crippen LogP contribution in [0.5, 0.6) is 0 Å². The smallest absolute Gasteiger partial charge is 0.269 e. The van der Waals surface area contributed by atoms with E-state index in [1.165, 1.54) is 31.2 Å². The number of carbonyl (C=O) groups excluding carboxylic acids is 9. The van der Waals surface area contributed by atoms with Crippen LogP contribution in [0.4, 0.5) is 5.69 Å². The molecule has 27 heteroatoms. The number of primary amides is 1. The number of Topliss-reactive ketones (excluding diaryl/α,β-unsaturated/α-hetero) is 2. The molecule has 0 radical (unpaired) electrons. The molecule has 1 saturated heterocycles. The molecule has 19 N–H and O–H groups in total. The fourth-order valence-corrected chi connectivity index (χ4v) is 8.79. The van der Waals surface area contributed by atoms with E-state index in [4.69, 9.17) is 34.4 Å².